The Kier molecular flexibility index (Phi) is 8.09. The van der Waals surface area contributed by atoms with Gasteiger partial charge in [-0.25, -0.2) is 9.40 Å². The van der Waals surface area contributed by atoms with Crippen LogP contribution in [0.15, 0.2) is 53.9 Å². The molecule has 1 aromatic rings. The molecule has 0 saturated carbocycles. The molecule has 1 aromatic carbocycles. The summed E-state index contributed by atoms with van der Waals surface area (Å²) < 4.78 is 34.7. The van der Waals surface area contributed by atoms with Gasteiger partial charge in [0, 0.05) is 18.4 Å². The van der Waals surface area contributed by atoms with E-state index in [-0.39, 0.29) is 5.91 Å². The maximum absolute atomic E-state index is 15.1. The van der Waals surface area contributed by atoms with E-state index in [0.717, 1.165) is 31.6 Å². The third kappa shape index (κ3) is 4.93. The van der Waals surface area contributed by atoms with Crippen LogP contribution in [0.1, 0.15) is 44.6 Å². The van der Waals surface area contributed by atoms with E-state index >= 15 is 4.39 Å². The highest BCUT2D eigenvalue weighted by Gasteiger charge is 2.53. The normalized spacial score (nSPS) is 24.5. The number of halogens is 2. The van der Waals surface area contributed by atoms with Crippen LogP contribution in [-0.4, -0.2) is 53.8 Å². The number of hydrogen-bond acceptors (Lipinski definition) is 5. The second-order valence-corrected chi connectivity index (χ2v) is 10.5. The third-order valence-electron chi connectivity index (χ3n) is 6.77. The second kappa shape index (κ2) is 11.0. The van der Waals surface area contributed by atoms with Gasteiger partial charge < -0.3 is 9.64 Å². The van der Waals surface area contributed by atoms with Crippen LogP contribution in [0.5, 0.6) is 5.75 Å². The number of hydrogen-bond donors (Lipinski definition) is 0. The summed E-state index contributed by atoms with van der Waals surface area (Å²) >= 11 is 1.36. The Balaban J connectivity index is 1.66. The van der Waals surface area contributed by atoms with E-state index in [1.807, 2.05) is 24.3 Å². The molecule has 2 unspecified atom stereocenters. The zero-order valence-corrected chi connectivity index (χ0v) is 20.5. The van der Waals surface area contributed by atoms with Gasteiger partial charge in [-0.15, -0.1) is 0 Å². The molecule has 3 heterocycles. The molecule has 1 fully saturated rings. The smallest absolute Gasteiger partial charge is 0.244 e. The Morgan fingerprint density at radius 1 is 1.35 bits per heavy atom. The number of rotatable bonds is 9. The van der Waals surface area contributed by atoms with Crippen LogP contribution in [0.2, 0.25) is 0 Å². The van der Waals surface area contributed by atoms with Gasteiger partial charge in [0.2, 0.25) is 5.91 Å². The van der Waals surface area contributed by atoms with Crippen LogP contribution < -0.4 is 4.74 Å². The average molecular weight is 490 g/mol. The lowest BCUT2D eigenvalue weighted by molar-refractivity contribution is -0.135. The first-order chi connectivity index (χ1) is 16.5. The van der Waals surface area contributed by atoms with E-state index in [2.05, 4.69) is 11.5 Å². The van der Waals surface area contributed by atoms with Crippen molar-refractivity contribution in [2.45, 2.75) is 43.9 Å². The molecule has 0 aromatic heterocycles. The summed E-state index contributed by atoms with van der Waals surface area (Å²) in [5.74, 6) is -1.39. The molecular weight excluding hydrogens is 456 g/mol. The van der Waals surface area contributed by atoms with Crippen molar-refractivity contribution in [1.29, 1.82) is 0 Å². The molecule has 0 bridgehead atoms. The minimum Gasteiger partial charge on any atom is -0.493 e. The quantitative estimate of drug-likeness (QED) is 0.421. The molecule has 0 aliphatic carbocycles. The summed E-state index contributed by atoms with van der Waals surface area (Å²) in [6.45, 7) is 8.01. The SMILES string of the molecule is C=C/C=C(/F)C(C1=NN(C(=O)CCCN2CCCC2)C2(CCOc3ccccc32)S1)[C@H](C)CF. The Bertz CT molecular complexity index is 963. The lowest BCUT2D eigenvalue weighted by atomic mass is 9.94. The fourth-order valence-corrected chi connectivity index (χ4v) is 6.61. The number of fused-ring (bicyclic) bond motifs is 2. The molecular formula is C26H33F2N3O2S. The second-order valence-electron chi connectivity index (χ2n) is 9.17. The number of carbonyl (C=O) groups excluding carboxylic acids is 1. The summed E-state index contributed by atoms with van der Waals surface area (Å²) in [4.78, 5) is 15.1. The zero-order valence-electron chi connectivity index (χ0n) is 19.7. The number of hydrazone groups is 1. The average Bonchev–Trinajstić information content (AvgIpc) is 3.48. The maximum atomic E-state index is 15.1. The number of benzene rings is 1. The van der Waals surface area contributed by atoms with Crippen molar-refractivity contribution in [2.75, 3.05) is 32.9 Å². The Hall–Kier alpha value is -2.19. The van der Waals surface area contributed by atoms with Crippen LogP contribution in [-0.2, 0) is 9.67 Å². The van der Waals surface area contributed by atoms with Gasteiger partial charge in [-0.3, -0.25) is 9.18 Å². The van der Waals surface area contributed by atoms with E-state index in [1.54, 1.807) is 6.92 Å². The number of alkyl halides is 1. The molecule has 34 heavy (non-hydrogen) atoms. The molecule has 1 amide bonds. The fraction of sp³-hybridized carbons (Fsp3) is 0.538. The van der Waals surface area contributed by atoms with Gasteiger partial charge in [0.25, 0.3) is 0 Å². The number of carbonyl (C=O) groups is 1. The lowest BCUT2D eigenvalue weighted by Crippen LogP contribution is -2.44. The summed E-state index contributed by atoms with van der Waals surface area (Å²) in [6, 6.07) is 7.62. The Morgan fingerprint density at radius 3 is 2.85 bits per heavy atom. The number of para-hydroxylation sites is 1. The van der Waals surface area contributed by atoms with Crippen LogP contribution in [0.3, 0.4) is 0 Å². The summed E-state index contributed by atoms with van der Waals surface area (Å²) in [6.07, 6.45) is 6.65. The van der Waals surface area contributed by atoms with Gasteiger partial charge in [0.05, 0.1) is 19.2 Å². The highest BCUT2D eigenvalue weighted by atomic mass is 32.2. The Morgan fingerprint density at radius 2 is 2.12 bits per heavy atom. The molecule has 184 valence electrons. The number of likely N-dealkylation sites (tertiary alicyclic amines) is 1. The van der Waals surface area contributed by atoms with Gasteiger partial charge in [-0.1, -0.05) is 49.5 Å². The zero-order chi connectivity index (χ0) is 24.1. The van der Waals surface area contributed by atoms with Crippen LogP contribution in [0.25, 0.3) is 0 Å². The van der Waals surface area contributed by atoms with Gasteiger partial charge in [-0.2, -0.15) is 5.10 Å². The summed E-state index contributed by atoms with van der Waals surface area (Å²) in [5, 5.41) is 6.66. The first-order valence-corrected chi connectivity index (χ1v) is 12.9. The lowest BCUT2D eigenvalue weighted by Gasteiger charge is -2.39. The Labute approximate surface area is 204 Å². The molecule has 4 rings (SSSR count). The van der Waals surface area contributed by atoms with Crippen molar-refractivity contribution in [3.63, 3.8) is 0 Å². The topological polar surface area (TPSA) is 45.1 Å². The van der Waals surface area contributed by atoms with Crippen molar-refractivity contribution in [1.82, 2.24) is 9.91 Å². The van der Waals surface area contributed by atoms with E-state index < -0.39 is 29.2 Å². The largest absolute Gasteiger partial charge is 0.493 e. The van der Waals surface area contributed by atoms with E-state index in [9.17, 15) is 9.18 Å². The van der Waals surface area contributed by atoms with Crippen LogP contribution >= 0.6 is 11.8 Å². The minimum atomic E-state index is -0.873. The van der Waals surface area contributed by atoms with Gasteiger partial charge in [-0.05, 0) is 57.0 Å². The summed E-state index contributed by atoms with van der Waals surface area (Å²) in [7, 11) is 0. The molecule has 3 aliphatic rings. The highest BCUT2D eigenvalue weighted by Crippen LogP contribution is 2.55. The molecule has 1 saturated heterocycles. The van der Waals surface area contributed by atoms with Crippen molar-refractivity contribution in [2.24, 2.45) is 16.9 Å². The van der Waals surface area contributed by atoms with Crippen molar-refractivity contribution in [3.05, 3.63) is 54.4 Å². The molecule has 8 heteroatoms. The fourth-order valence-electron chi connectivity index (χ4n) is 4.98. The van der Waals surface area contributed by atoms with E-state index in [1.165, 1.54) is 41.8 Å². The molecule has 0 N–H and O–H groups in total. The summed E-state index contributed by atoms with van der Waals surface area (Å²) in [5.41, 5.74) is 0.845. The molecule has 3 atom stereocenters. The predicted octanol–water partition coefficient (Wildman–Crippen LogP) is 5.65. The number of thioether (sulfide) groups is 1. The first kappa shape index (κ1) is 24.9. The van der Waals surface area contributed by atoms with Crippen LogP contribution in [0.4, 0.5) is 8.78 Å². The number of ether oxygens (including phenoxy) is 1. The number of amides is 1. The standard InChI is InChI=1S/C26H33F2N3O2S/c1-3-9-21(28)24(19(2)18-27)25-29-31(23(32)12-8-16-30-14-6-7-15-30)26(34-25)13-17-33-22-11-5-4-10-20(22)26/h3-5,9-11,19,24H,1,6-8,12-18H2,2H3/b21-9+/t19-,24?,26?/m1/s1. The molecule has 3 aliphatic heterocycles. The van der Waals surface area contributed by atoms with Gasteiger partial charge in [0.15, 0.2) is 0 Å². The third-order valence-corrected chi connectivity index (χ3v) is 8.25. The maximum Gasteiger partial charge on any atom is 0.244 e. The van der Waals surface area contributed by atoms with Crippen molar-refractivity contribution in [3.8, 4) is 5.75 Å². The van der Waals surface area contributed by atoms with Crippen LogP contribution in [0, 0.1) is 11.8 Å². The number of allylic oxidation sites excluding steroid dienone is 3. The molecule has 0 radical (unpaired) electrons. The molecule has 1 spiro atoms. The highest BCUT2D eigenvalue weighted by molar-refractivity contribution is 8.15. The molecule has 5 nitrogen and oxygen atoms in total. The first-order valence-electron chi connectivity index (χ1n) is 12.1. The van der Waals surface area contributed by atoms with Gasteiger partial charge in [0.1, 0.15) is 21.5 Å². The van der Waals surface area contributed by atoms with Crippen molar-refractivity contribution >= 4 is 22.7 Å². The van der Waals surface area contributed by atoms with Crippen molar-refractivity contribution < 1.29 is 18.3 Å². The van der Waals surface area contributed by atoms with E-state index in [0.29, 0.717) is 30.2 Å². The predicted molar refractivity (Wildman–Crippen MR) is 133 cm³/mol. The minimum absolute atomic E-state index is 0.0989. The monoisotopic (exact) mass is 489 g/mol. The van der Waals surface area contributed by atoms with E-state index in [4.69, 9.17) is 9.84 Å². The number of nitrogens with zero attached hydrogens (tertiary/aromatic N) is 3. The van der Waals surface area contributed by atoms with Gasteiger partial charge >= 0.3 is 0 Å².